The van der Waals surface area contributed by atoms with Gasteiger partial charge in [-0.3, -0.25) is 19.2 Å². The largest absolute Gasteiger partial charge is 0.480 e. The second-order valence-corrected chi connectivity index (χ2v) is 14.9. The third-order valence-electron chi connectivity index (χ3n) is 10.6. The molecule has 1 heterocycles. The van der Waals surface area contributed by atoms with Crippen LogP contribution in [0.1, 0.15) is 79.7 Å². The number of carbonyl (C=O) groups is 5. The van der Waals surface area contributed by atoms with E-state index < -0.39 is 60.2 Å². The second-order valence-electron chi connectivity index (χ2n) is 14.9. The van der Waals surface area contributed by atoms with E-state index in [1.54, 1.807) is 30.8 Å². The molecule has 0 spiro atoms. The van der Waals surface area contributed by atoms with Crippen LogP contribution in [0, 0.1) is 23.7 Å². The van der Waals surface area contributed by atoms with Gasteiger partial charge >= 0.3 is 5.97 Å². The minimum atomic E-state index is -1.14. The van der Waals surface area contributed by atoms with Crippen molar-refractivity contribution in [1.82, 2.24) is 25.8 Å². The van der Waals surface area contributed by atoms with E-state index >= 15 is 0 Å². The predicted molar refractivity (Wildman–Crippen MR) is 200 cm³/mol. The number of likely N-dealkylation sites (N-methyl/N-ethyl adjacent to an activating group) is 2. The Hall–Kier alpha value is -3.55. The highest BCUT2D eigenvalue weighted by Gasteiger charge is 2.43. The smallest absolute Gasteiger partial charge is 0.326 e. The number of nitrogens with one attached hydrogen (secondary N) is 3. The van der Waals surface area contributed by atoms with Gasteiger partial charge in [0.05, 0.1) is 42.7 Å². The summed E-state index contributed by atoms with van der Waals surface area (Å²) in [5.41, 5.74) is 0.785. The number of rotatable bonds is 21. The van der Waals surface area contributed by atoms with E-state index in [1.807, 2.05) is 71.9 Å². The number of likely N-dealkylation sites (tertiary alicyclic amines) is 1. The molecular formula is C39H65N5O8. The van der Waals surface area contributed by atoms with Gasteiger partial charge in [-0.15, -0.1) is 0 Å². The fourth-order valence-electron chi connectivity index (χ4n) is 7.40. The number of ether oxygens (including phenoxy) is 2. The van der Waals surface area contributed by atoms with Gasteiger partial charge in [-0.2, -0.15) is 0 Å². The quantitative estimate of drug-likeness (QED) is 0.149. The molecule has 9 atom stereocenters. The molecule has 52 heavy (non-hydrogen) atoms. The van der Waals surface area contributed by atoms with Gasteiger partial charge in [0.2, 0.25) is 23.6 Å². The number of methoxy groups -OCH3 is 2. The zero-order valence-electron chi connectivity index (χ0n) is 33.2. The van der Waals surface area contributed by atoms with E-state index in [4.69, 9.17) is 9.47 Å². The average Bonchev–Trinajstić information content (AvgIpc) is 3.59. The zero-order chi connectivity index (χ0) is 39.3. The van der Waals surface area contributed by atoms with Crippen LogP contribution >= 0.6 is 0 Å². The van der Waals surface area contributed by atoms with Gasteiger partial charge in [-0.1, -0.05) is 85.2 Å². The molecule has 1 saturated heterocycles. The van der Waals surface area contributed by atoms with Crippen molar-refractivity contribution in [3.63, 3.8) is 0 Å². The fourth-order valence-corrected chi connectivity index (χ4v) is 7.40. The van der Waals surface area contributed by atoms with Crippen molar-refractivity contribution in [2.24, 2.45) is 23.7 Å². The molecule has 4 amide bonds. The first-order valence-electron chi connectivity index (χ1n) is 18.7. The summed E-state index contributed by atoms with van der Waals surface area (Å²) in [5.74, 6) is -3.27. The Bertz CT molecular complexity index is 1310. The van der Waals surface area contributed by atoms with Crippen LogP contribution in [0.2, 0.25) is 0 Å². The standard InChI is InChI=1S/C39H65N5O8/c1-12-25(6)34(43(9)38(48)33(24(4)5)42-37(47)32(40-8)23(2)3)30(51-10)22-31(45)44-20-16-19-29(44)35(52-11)26(7)36(46)41-28(39(49)50)21-27-17-14-13-15-18-27/h13-15,17-18,23-26,28-30,32-35,40H,12,16,19-22H2,1-11H3,(H,41,46)(H,42,47)(H,49,50)/t25-,26+,28-,29-,30+,32?,33-,34?,35+/m0/s1. The Morgan fingerprint density at radius 2 is 1.54 bits per heavy atom. The van der Waals surface area contributed by atoms with Crippen LogP contribution in [-0.4, -0.2) is 122 Å². The summed E-state index contributed by atoms with van der Waals surface area (Å²) in [7, 11) is 6.46. The minimum Gasteiger partial charge on any atom is -0.480 e. The number of carbonyl (C=O) groups excluding carboxylic acids is 4. The van der Waals surface area contributed by atoms with Crippen molar-refractivity contribution in [2.75, 3.05) is 34.9 Å². The number of nitrogens with zero attached hydrogens (tertiary/aromatic N) is 2. The first-order valence-corrected chi connectivity index (χ1v) is 18.7. The number of carboxylic acids is 1. The summed E-state index contributed by atoms with van der Waals surface area (Å²) < 4.78 is 11.8. The maximum absolute atomic E-state index is 14.1. The van der Waals surface area contributed by atoms with E-state index in [0.29, 0.717) is 19.4 Å². The van der Waals surface area contributed by atoms with Gasteiger partial charge in [0.25, 0.3) is 0 Å². The fraction of sp³-hybridized carbons (Fsp3) is 0.718. The monoisotopic (exact) mass is 731 g/mol. The normalized spacial score (nSPS) is 19.2. The summed E-state index contributed by atoms with van der Waals surface area (Å²) in [6, 6.07) is 5.84. The van der Waals surface area contributed by atoms with E-state index in [2.05, 4.69) is 16.0 Å². The lowest BCUT2D eigenvalue weighted by molar-refractivity contribution is -0.148. The minimum absolute atomic E-state index is 0.0112. The van der Waals surface area contributed by atoms with Crippen molar-refractivity contribution in [3.8, 4) is 0 Å². The average molecular weight is 732 g/mol. The molecule has 0 aromatic heterocycles. The summed E-state index contributed by atoms with van der Waals surface area (Å²) in [6.45, 7) is 13.9. The molecule has 2 unspecified atom stereocenters. The van der Waals surface area contributed by atoms with Crippen molar-refractivity contribution >= 4 is 29.6 Å². The van der Waals surface area contributed by atoms with Crippen LogP contribution in [0.15, 0.2) is 30.3 Å². The second kappa shape index (κ2) is 21.2. The molecule has 1 aliphatic rings. The topological polar surface area (TPSA) is 167 Å². The predicted octanol–water partition coefficient (Wildman–Crippen LogP) is 3.10. The van der Waals surface area contributed by atoms with Gasteiger partial charge in [-0.05, 0) is 43.2 Å². The van der Waals surface area contributed by atoms with Crippen LogP contribution in [-0.2, 0) is 39.9 Å². The number of hydrogen-bond acceptors (Lipinski definition) is 8. The Morgan fingerprint density at radius 1 is 0.923 bits per heavy atom. The third kappa shape index (κ3) is 11.7. The number of benzene rings is 1. The van der Waals surface area contributed by atoms with Crippen LogP contribution in [0.5, 0.6) is 0 Å². The molecule has 1 fully saturated rings. The van der Waals surface area contributed by atoms with E-state index in [-0.39, 0.29) is 48.3 Å². The molecular weight excluding hydrogens is 666 g/mol. The molecule has 1 aromatic rings. The number of hydrogen-bond donors (Lipinski definition) is 4. The van der Waals surface area contributed by atoms with Gasteiger partial charge in [-0.25, -0.2) is 4.79 Å². The van der Waals surface area contributed by atoms with Crippen molar-refractivity contribution in [3.05, 3.63) is 35.9 Å². The lowest BCUT2D eigenvalue weighted by Gasteiger charge is -2.41. The van der Waals surface area contributed by atoms with Crippen molar-refractivity contribution < 1.29 is 38.6 Å². The highest BCUT2D eigenvalue weighted by atomic mass is 16.5. The Kier molecular flexibility index (Phi) is 18.2. The molecule has 0 bridgehead atoms. The highest BCUT2D eigenvalue weighted by molar-refractivity contribution is 5.90. The van der Waals surface area contributed by atoms with Crippen LogP contribution in [0.25, 0.3) is 0 Å². The Labute approximate surface area is 310 Å². The first-order chi connectivity index (χ1) is 24.5. The molecule has 1 aliphatic heterocycles. The molecule has 0 aliphatic carbocycles. The Balaban J connectivity index is 2.26. The number of amides is 4. The molecule has 0 radical (unpaired) electrons. The SMILES string of the molecule is CC[C@H](C)C([C@@H](CC(=O)N1CCC[C@H]1[C@H](OC)[C@@H](C)C(=O)N[C@@H](Cc1ccccc1)C(=O)O)OC)N(C)C(=O)[C@@H](NC(=O)C(NC)C(C)C)C(C)C. The van der Waals surface area contributed by atoms with E-state index in [0.717, 1.165) is 12.0 Å². The molecule has 13 nitrogen and oxygen atoms in total. The highest BCUT2D eigenvalue weighted by Crippen LogP contribution is 2.29. The summed E-state index contributed by atoms with van der Waals surface area (Å²) in [5, 5.41) is 18.5. The molecule has 2 rings (SSSR count). The lowest BCUT2D eigenvalue weighted by atomic mass is 9.89. The van der Waals surface area contributed by atoms with Crippen LogP contribution in [0.4, 0.5) is 0 Å². The number of carboxylic acid groups (broad SMARTS) is 1. The van der Waals surface area contributed by atoms with Gasteiger partial charge in [0.1, 0.15) is 12.1 Å². The third-order valence-corrected chi connectivity index (χ3v) is 10.6. The molecule has 0 saturated carbocycles. The summed E-state index contributed by atoms with van der Waals surface area (Å²) in [4.78, 5) is 70.3. The Morgan fingerprint density at radius 3 is 2.04 bits per heavy atom. The molecule has 4 N–H and O–H groups in total. The van der Waals surface area contributed by atoms with Gasteiger partial charge in [0.15, 0.2) is 0 Å². The zero-order valence-corrected chi connectivity index (χ0v) is 33.2. The maximum atomic E-state index is 14.1. The molecule has 294 valence electrons. The number of aliphatic carboxylic acids is 1. The van der Waals surface area contributed by atoms with Gasteiger partial charge < -0.3 is 40.3 Å². The first kappa shape index (κ1) is 44.6. The molecule has 1 aromatic carbocycles. The summed E-state index contributed by atoms with van der Waals surface area (Å²) >= 11 is 0. The van der Waals surface area contributed by atoms with Gasteiger partial charge in [0, 0.05) is 34.2 Å². The van der Waals surface area contributed by atoms with E-state index in [1.165, 1.54) is 14.2 Å². The van der Waals surface area contributed by atoms with Crippen molar-refractivity contribution in [2.45, 2.75) is 123 Å². The van der Waals surface area contributed by atoms with Crippen LogP contribution < -0.4 is 16.0 Å². The lowest BCUT2D eigenvalue weighted by Crippen LogP contribution is -2.59. The van der Waals surface area contributed by atoms with Crippen molar-refractivity contribution in [1.29, 1.82) is 0 Å². The molecule has 13 heteroatoms. The summed E-state index contributed by atoms with van der Waals surface area (Å²) in [6.07, 6.45) is 0.818. The van der Waals surface area contributed by atoms with E-state index in [9.17, 15) is 29.1 Å². The van der Waals surface area contributed by atoms with Crippen LogP contribution in [0.3, 0.4) is 0 Å². The maximum Gasteiger partial charge on any atom is 0.326 e.